The van der Waals surface area contributed by atoms with Gasteiger partial charge in [-0.15, -0.1) is 11.3 Å². The predicted octanol–water partition coefficient (Wildman–Crippen LogP) is 5.24. The molecule has 3 nitrogen and oxygen atoms in total. The summed E-state index contributed by atoms with van der Waals surface area (Å²) in [6.07, 6.45) is 0. The number of nitrogens with zero attached hydrogens (tertiary/aromatic N) is 1. The summed E-state index contributed by atoms with van der Waals surface area (Å²) in [5.74, 6) is -0.109. The van der Waals surface area contributed by atoms with Crippen molar-refractivity contribution < 1.29 is 4.79 Å². The minimum Gasteiger partial charge on any atom is -0.321 e. The molecule has 0 spiro atoms. The molecule has 112 valence electrons. The van der Waals surface area contributed by atoms with E-state index in [1.165, 1.54) is 16.9 Å². The van der Waals surface area contributed by atoms with Gasteiger partial charge in [0.2, 0.25) is 0 Å². The van der Waals surface area contributed by atoms with Gasteiger partial charge in [0.25, 0.3) is 5.91 Å². The largest absolute Gasteiger partial charge is 0.321 e. The number of hydrogen-bond acceptors (Lipinski definition) is 3. The molecule has 0 unspecified atom stereocenters. The van der Waals surface area contributed by atoms with Gasteiger partial charge in [-0.25, -0.2) is 4.98 Å². The van der Waals surface area contributed by atoms with Gasteiger partial charge in [0.05, 0.1) is 21.4 Å². The summed E-state index contributed by atoms with van der Waals surface area (Å²) in [4.78, 5) is 16.8. The molecule has 0 atom stereocenters. The van der Waals surface area contributed by atoms with Gasteiger partial charge in [-0.05, 0) is 71.6 Å². The third-order valence-electron chi connectivity index (χ3n) is 3.80. The van der Waals surface area contributed by atoms with E-state index < -0.39 is 0 Å². The van der Waals surface area contributed by atoms with E-state index in [1.54, 1.807) is 5.51 Å². The SMILES string of the molecule is Cc1cc(C)c(NC(=O)c2ccc3ncsc3c2)c(Br)c1C. The zero-order chi connectivity index (χ0) is 15.9. The molecule has 1 aromatic heterocycles. The number of aromatic nitrogens is 1. The van der Waals surface area contributed by atoms with Crippen molar-refractivity contribution in [3.63, 3.8) is 0 Å². The Labute approximate surface area is 141 Å². The summed E-state index contributed by atoms with van der Waals surface area (Å²) in [6.45, 7) is 6.10. The van der Waals surface area contributed by atoms with Crippen LogP contribution in [0.3, 0.4) is 0 Å². The zero-order valence-electron chi connectivity index (χ0n) is 12.5. The third-order valence-corrected chi connectivity index (χ3v) is 5.58. The van der Waals surface area contributed by atoms with Crippen molar-refractivity contribution in [2.45, 2.75) is 20.8 Å². The normalized spacial score (nSPS) is 10.9. The zero-order valence-corrected chi connectivity index (χ0v) is 14.9. The van der Waals surface area contributed by atoms with Crippen molar-refractivity contribution >= 4 is 49.1 Å². The van der Waals surface area contributed by atoms with E-state index in [2.05, 4.69) is 39.2 Å². The molecule has 0 saturated carbocycles. The molecule has 22 heavy (non-hydrogen) atoms. The van der Waals surface area contributed by atoms with Crippen molar-refractivity contribution in [2.24, 2.45) is 0 Å². The molecule has 5 heteroatoms. The van der Waals surface area contributed by atoms with Gasteiger partial charge >= 0.3 is 0 Å². The highest BCUT2D eigenvalue weighted by atomic mass is 79.9. The van der Waals surface area contributed by atoms with Crippen LogP contribution in [-0.2, 0) is 0 Å². The van der Waals surface area contributed by atoms with E-state index >= 15 is 0 Å². The minimum atomic E-state index is -0.109. The molecule has 0 saturated heterocycles. The first-order chi connectivity index (χ1) is 10.5. The van der Waals surface area contributed by atoms with Gasteiger partial charge in [0.15, 0.2) is 0 Å². The maximum absolute atomic E-state index is 12.5. The van der Waals surface area contributed by atoms with Crippen molar-refractivity contribution in [1.82, 2.24) is 4.98 Å². The molecule has 1 amide bonds. The molecule has 0 aliphatic carbocycles. The minimum absolute atomic E-state index is 0.109. The lowest BCUT2D eigenvalue weighted by Gasteiger charge is -2.15. The van der Waals surface area contributed by atoms with Gasteiger partial charge in [0.1, 0.15) is 0 Å². The van der Waals surface area contributed by atoms with Crippen LogP contribution in [0.2, 0.25) is 0 Å². The molecule has 0 bridgehead atoms. The van der Waals surface area contributed by atoms with Crippen LogP contribution in [0.15, 0.2) is 34.2 Å². The Morgan fingerprint density at radius 2 is 1.95 bits per heavy atom. The number of carbonyl (C=O) groups is 1. The number of fused-ring (bicyclic) bond motifs is 1. The van der Waals surface area contributed by atoms with Crippen LogP contribution in [0, 0.1) is 20.8 Å². The van der Waals surface area contributed by atoms with E-state index in [0.717, 1.165) is 31.5 Å². The average molecular weight is 375 g/mol. The Hall–Kier alpha value is -1.72. The number of nitrogens with one attached hydrogen (secondary N) is 1. The smallest absolute Gasteiger partial charge is 0.255 e. The summed E-state index contributed by atoms with van der Waals surface area (Å²) >= 11 is 5.13. The van der Waals surface area contributed by atoms with Crippen molar-refractivity contribution in [3.05, 3.63) is 56.5 Å². The summed E-state index contributed by atoms with van der Waals surface area (Å²) in [5, 5.41) is 3.02. The summed E-state index contributed by atoms with van der Waals surface area (Å²) in [7, 11) is 0. The highest BCUT2D eigenvalue weighted by molar-refractivity contribution is 9.10. The van der Waals surface area contributed by atoms with Gasteiger partial charge < -0.3 is 5.32 Å². The lowest BCUT2D eigenvalue weighted by molar-refractivity contribution is 0.102. The topological polar surface area (TPSA) is 42.0 Å². The Morgan fingerprint density at radius 3 is 2.73 bits per heavy atom. The second kappa shape index (κ2) is 5.82. The van der Waals surface area contributed by atoms with Crippen LogP contribution < -0.4 is 5.32 Å². The van der Waals surface area contributed by atoms with Crippen molar-refractivity contribution in [2.75, 3.05) is 5.32 Å². The number of aryl methyl sites for hydroxylation is 2. The Kier molecular flexibility index (Phi) is 4.02. The molecule has 1 heterocycles. The van der Waals surface area contributed by atoms with E-state index in [-0.39, 0.29) is 5.91 Å². The molecule has 0 radical (unpaired) electrons. The van der Waals surface area contributed by atoms with E-state index in [0.29, 0.717) is 5.56 Å². The molecule has 0 fully saturated rings. The summed E-state index contributed by atoms with van der Waals surface area (Å²) in [5.41, 5.74) is 7.56. The lowest BCUT2D eigenvalue weighted by Crippen LogP contribution is -2.13. The number of thiazole rings is 1. The molecule has 0 aliphatic rings. The molecule has 0 aliphatic heterocycles. The van der Waals surface area contributed by atoms with Gasteiger partial charge in [-0.1, -0.05) is 6.07 Å². The van der Waals surface area contributed by atoms with Gasteiger partial charge in [0, 0.05) is 10.0 Å². The maximum atomic E-state index is 12.5. The van der Waals surface area contributed by atoms with Gasteiger partial charge in [-0.2, -0.15) is 0 Å². The first kappa shape index (κ1) is 15.2. The Balaban J connectivity index is 1.96. The molecule has 3 aromatic rings. The van der Waals surface area contributed by atoms with Crippen molar-refractivity contribution in [3.8, 4) is 0 Å². The standard InChI is InChI=1S/C17H15BrN2OS/c1-9-6-10(2)16(15(18)11(9)3)20-17(21)12-4-5-13-14(7-12)22-8-19-13/h4-8H,1-3H3,(H,20,21). The van der Waals surface area contributed by atoms with Crippen molar-refractivity contribution in [1.29, 1.82) is 0 Å². The number of hydrogen-bond donors (Lipinski definition) is 1. The van der Waals surface area contributed by atoms with Crippen LogP contribution in [-0.4, -0.2) is 10.9 Å². The van der Waals surface area contributed by atoms with Crippen LogP contribution in [0.5, 0.6) is 0 Å². The molecule has 1 N–H and O–H groups in total. The number of benzene rings is 2. The molecule has 3 rings (SSSR count). The highest BCUT2D eigenvalue weighted by Gasteiger charge is 2.14. The second-order valence-electron chi connectivity index (χ2n) is 5.31. The fraction of sp³-hybridized carbons (Fsp3) is 0.176. The number of rotatable bonds is 2. The Bertz CT molecular complexity index is 886. The summed E-state index contributed by atoms with van der Waals surface area (Å²) < 4.78 is 1.96. The number of halogens is 1. The van der Waals surface area contributed by atoms with E-state index in [1.807, 2.05) is 32.0 Å². The predicted molar refractivity (Wildman–Crippen MR) is 95.9 cm³/mol. The first-order valence-electron chi connectivity index (χ1n) is 6.88. The van der Waals surface area contributed by atoms with Crippen LogP contribution in [0.4, 0.5) is 5.69 Å². The third kappa shape index (κ3) is 2.66. The van der Waals surface area contributed by atoms with E-state index in [4.69, 9.17) is 0 Å². The van der Waals surface area contributed by atoms with E-state index in [9.17, 15) is 4.79 Å². The number of anilines is 1. The fourth-order valence-corrected chi connectivity index (χ4v) is 3.82. The summed E-state index contributed by atoms with van der Waals surface area (Å²) in [6, 6.07) is 7.65. The van der Waals surface area contributed by atoms with Crippen LogP contribution >= 0.6 is 27.3 Å². The molecular formula is C17H15BrN2OS. The van der Waals surface area contributed by atoms with Crippen LogP contribution in [0.1, 0.15) is 27.0 Å². The lowest BCUT2D eigenvalue weighted by atomic mass is 10.0. The second-order valence-corrected chi connectivity index (χ2v) is 6.99. The number of amides is 1. The highest BCUT2D eigenvalue weighted by Crippen LogP contribution is 2.32. The Morgan fingerprint density at radius 1 is 1.18 bits per heavy atom. The maximum Gasteiger partial charge on any atom is 0.255 e. The number of carbonyl (C=O) groups excluding carboxylic acids is 1. The molecule has 2 aromatic carbocycles. The molecular weight excluding hydrogens is 360 g/mol. The fourth-order valence-electron chi connectivity index (χ4n) is 2.37. The van der Waals surface area contributed by atoms with Crippen LogP contribution in [0.25, 0.3) is 10.2 Å². The monoisotopic (exact) mass is 374 g/mol. The van der Waals surface area contributed by atoms with Gasteiger partial charge in [-0.3, -0.25) is 4.79 Å². The quantitative estimate of drug-likeness (QED) is 0.666. The average Bonchev–Trinajstić information content (AvgIpc) is 2.96. The first-order valence-corrected chi connectivity index (χ1v) is 8.55.